The summed E-state index contributed by atoms with van der Waals surface area (Å²) in [6.45, 7) is 1.81. The van der Waals surface area contributed by atoms with Crippen LogP contribution in [-0.4, -0.2) is 41.2 Å². The molecule has 190 valence electrons. The first-order chi connectivity index (χ1) is 17.0. The number of benzene rings is 2. The Balaban J connectivity index is 1.49. The minimum absolute atomic E-state index is 0.103. The fraction of sp³-hybridized carbons (Fsp3) is 0.292. The van der Waals surface area contributed by atoms with Crippen LogP contribution in [0.15, 0.2) is 65.8 Å². The number of rotatable bonds is 6. The molecule has 0 spiro atoms. The van der Waals surface area contributed by atoms with Gasteiger partial charge in [-0.05, 0) is 62.2 Å². The maximum atomic E-state index is 13.2. The number of amides is 1. The second-order valence-corrected chi connectivity index (χ2v) is 10.3. The number of carbonyl (C=O) groups excluding carboxylic acids is 1. The first-order valence-electron chi connectivity index (χ1n) is 11.0. The summed E-state index contributed by atoms with van der Waals surface area (Å²) in [6, 6.07) is 8.89. The number of halogens is 4. The van der Waals surface area contributed by atoms with E-state index in [4.69, 9.17) is 0 Å². The molecular weight excluding hydrogens is 500 g/mol. The van der Waals surface area contributed by atoms with Gasteiger partial charge in [0, 0.05) is 12.1 Å². The van der Waals surface area contributed by atoms with Gasteiger partial charge in [-0.3, -0.25) is 4.79 Å². The van der Waals surface area contributed by atoms with E-state index in [1.807, 2.05) is 0 Å². The van der Waals surface area contributed by atoms with Crippen molar-refractivity contribution in [3.05, 3.63) is 78.0 Å². The molecule has 1 saturated heterocycles. The summed E-state index contributed by atoms with van der Waals surface area (Å²) in [4.78, 5) is 21.2. The van der Waals surface area contributed by atoms with Gasteiger partial charge in [-0.15, -0.1) is 0 Å². The first-order valence-corrected chi connectivity index (χ1v) is 12.5. The van der Waals surface area contributed by atoms with Gasteiger partial charge in [-0.25, -0.2) is 22.8 Å². The Morgan fingerprint density at radius 2 is 1.75 bits per heavy atom. The molecular formula is C24H22F4N4O3S. The van der Waals surface area contributed by atoms with Gasteiger partial charge in [-0.1, -0.05) is 12.1 Å². The highest BCUT2D eigenvalue weighted by Gasteiger charge is 2.40. The molecule has 36 heavy (non-hydrogen) atoms. The molecule has 0 saturated carbocycles. The van der Waals surface area contributed by atoms with Crippen LogP contribution in [-0.2, 0) is 21.0 Å². The van der Waals surface area contributed by atoms with E-state index in [9.17, 15) is 30.8 Å². The molecule has 1 unspecified atom stereocenters. The Labute approximate surface area is 205 Å². The molecule has 4 rings (SSSR count). The molecule has 3 aromatic rings. The Kier molecular flexibility index (Phi) is 7.10. The lowest BCUT2D eigenvalue weighted by Crippen LogP contribution is -2.46. The molecule has 0 aliphatic carbocycles. The molecule has 12 heteroatoms. The van der Waals surface area contributed by atoms with E-state index in [2.05, 4.69) is 15.3 Å². The fourth-order valence-electron chi connectivity index (χ4n) is 4.01. The third-order valence-corrected chi connectivity index (χ3v) is 7.85. The highest BCUT2D eigenvalue weighted by atomic mass is 32.2. The molecule has 1 amide bonds. The lowest BCUT2D eigenvalue weighted by atomic mass is 10.1. The van der Waals surface area contributed by atoms with E-state index in [-0.39, 0.29) is 11.4 Å². The topological polar surface area (TPSA) is 92.3 Å². The maximum Gasteiger partial charge on any atom is 0.416 e. The predicted octanol–water partition coefficient (Wildman–Crippen LogP) is 4.33. The van der Waals surface area contributed by atoms with Gasteiger partial charge in [0.2, 0.25) is 15.9 Å². The van der Waals surface area contributed by atoms with Crippen molar-refractivity contribution in [2.75, 3.05) is 6.54 Å². The quantitative estimate of drug-likeness (QED) is 0.487. The standard InChI is InChI=1S/C24H22F4N4O3S/c1-15(20-13-21(30-14-29-20)16-4-6-17(7-5-16)24(26,27)28)31-23(33)22-3-2-12-32(22)36(34,35)19-10-8-18(25)9-11-19/h4-11,13-15,22H,2-3,12H2,1H3,(H,31,33)/t15?,22-/m0/s1. The highest BCUT2D eigenvalue weighted by molar-refractivity contribution is 7.89. The summed E-state index contributed by atoms with van der Waals surface area (Å²) in [7, 11) is -4.01. The first kappa shape index (κ1) is 25.7. The van der Waals surface area contributed by atoms with Gasteiger partial charge in [0.15, 0.2) is 0 Å². The number of nitrogens with zero attached hydrogens (tertiary/aromatic N) is 3. The minimum atomic E-state index is -4.45. The van der Waals surface area contributed by atoms with Gasteiger partial charge in [0.1, 0.15) is 18.2 Å². The van der Waals surface area contributed by atoms with Crippen molar-refractivity contribution in [2.24, 2.45) is 0 Å². The Morgan fingerprint density at radius 3 is 2.39 bits per heavy atom. The van der Waals surface area contributed by atoms with Crippen molar-refractivity contribution in [1.29, 1.82) is 0 Å². The zero-order valence-electron chi connectivity index (χ0n) is 19.0. The van der Waals surface area contributed by atoms with E-state index in [0.29, 0.717) is 29.8 Å². The molecule has 0 bridgehead atoms. The van der Waals surface area contributed by atoms with Crippen molar-refractivity contribution in [2.45, 2.75) is 42.9 Å². The molecule has 2 atom stereocenters. The van der Waals surface area contributed by atoms with Crippen LogP contribution in [0, 0.1) is 5.82 Å². The lowest BCUT2D eigenvalue weighted by Gasteiger charge is -2.25. The minimum Gasteiger partial charge on any atom is -0.347 e. The van der Waals surface area contributed by atoms with Crippen molar-refractivity contribution >= 4 is 15.9 Å². The maximum absolute atomic E-state index is 13.2. The van der Waals surface area contributed by atoms with Gasteiger partial charge >= 0.3 is 6.18 Å². The third-order valence-electron chi connectivity index (χ3n) is 5.93. The molecule has 1 N–H and O–H groups in total. The summed E-state index contributed by atoms with van der Waals surface area (Å²) < 4.78 is 78.9. The average Bonchev–Trinajstić information content (AvgIpc) is 3.35. The van der Waals surface area contributed by atoms with Crippen molar-refractivity contribution < 1.29 is 30.8 Å². The van der Waals surface area contributed by atoms with Gasteiger partial charge in [0.25, 0.3) is 0 Å². The monoisotopic (exact) mass is 522 g/mol. The van der Waals surface area contributed by atoms with E-state index in [0.717, 1.165) is 40.7 Å². The zero-order chi connectivity index (χ0) is 26.1. The van der Waals surface area contributed by atoms with Crippen molar-refractivity contribution in [1.82, 2.24) is 19.6 Å². The zero-order valence-corrected chi connectivity index (χ0v) is 19.9. The van der Waals surface area contributed by atoms with Crippen molar-refractivity contribution in [3.63, 3.8) is 0 Å². The van der Waals surface area contributed by atoms with Gasteiger partial charge < -0.3 is 5.32 Å². The third kappa shape index (κ3) is 5.39. The van der Waals surface area contributed by atoms with Gasteiger partial charge in [0.05, 0.1) is 27.9 Å². The number of sulfonamides is 1. The summed E-state index contributed by atoms with van der Waals surface area (Å²) >= 11 is 0. The second kappa shape index (κ2) is 9.94. The molecule has 1 aliphatic rings. The van der Waals surface area contributed by atoms with Gasteiger partial charge in [-0.2, -0.15) is 17.5 Å². The number of alkyl halides is 3. The number of carbonyl (C=O) groups is 1. The number of hydrogen-bond acceptors (Lipinski definition) is 5. The van der Waals surface area contributed by atoms with Crippen molar-refractivity contribution in [3.8, 4) is 11.3 Å². The smallest absolute Gasteiger partial charge is 0.347 e. The van der Waals surface area contributed by atoms with Crippen LogP contribution in [0.2, 0.25) is 0 Å². The molecule has 0 radical (unpaired) electrons. The Hall–Kier alpha value is -3.38. The summed E-state index contributed by atoms with van der Waals surface area (Å²) in [5.74, 6) is -1.08. The number of aromatic nitrogens is 2. The van der Waals surface area contributed by atoms with E-state index in [1.165, 1.54) is 18.5 Å². The SMILES string of the molecule is CC(NC(=O)[C@@H]1CCCN1S(=O)(=O)c1ccc(F)cc1)c1cc(-c2ccc(C(F)(F)F)cc2)ncn1. The molecule has 2 heterocycles. The Morgan fingerprint density at radius 1 is 1.08 bits per heavy atom. The number of nitrogens with one attached hydrogen (secondary N) is 1. The van der Waals surface area contributed by atoms with Crippen LogP contribution in [0.4, 0.5) is 17.6 Å². The molecule has 2 aromatic carbocycles. The highest BCUT2D eigenvalue weighted by Crippen LogP contribution is 2.31. The lowest BCUT2D eigenvalue weighted by molar-refractivity contribution is -0.137. The second-order valence-electron chi connectivity index (χ2n) is 8.36. The predicted molar refractivity (Wildman–Crippen MR) is 122 cm³/mol. The normalized spacial score (nSPS) is 17.6. The molecule has 1 aromatic heterocycles. The summed E-state index contributed by atoms with van der Waals surface area (Å²) in [5, 5.41) is 2.76. The van der Waals surface area contributed by atoms with E-state index >= 15 is 0 Å². The van der Waals surface area contributed by atoms with Crippen LogP contribution in [0.25, 0.3) is 11.3 Å². The van der Waals surface area contributed by atoms with Crippen LogP contribution < -0.4 is 5.32 Å². The molecule has 7 nitrogen and oxygen atoms in total. The van der Waals surface area contributed by atoms with E-state index in [1.54, 1.807) is 13.0 Å². The van der Waals surface area contributed by atoms with Crippen LogP contribution in [0.1, 0.15) is 37.1 Å². The van der Waals surface area contributed by atoms with Crippen LogP contribution in [0.5, 0.6) is 0 Å². The largest absolute Gasteiger partial charge is 0.416 e. The van der Waals surface area contributed by atoms with Crippen LogP contribution >= 0.6 is 0 Å². The molecule has 1 aliphatic heterocycles. The Bertz CT molecular complexity index is 1350. The summed E-state index contributed by atoms with van der Waals surface area (Å²) in [5.41, 5.74) is 0.436. The van der Waals surface area contributed by atoms with Crippen LogP contribution in [0.3, 0.4) is 0 Å². The molecule has 1 fully saturated rings. The average molecular weight is 523 g/mol. The number of hydrogen-bond donors (Lipinski definition) is 1. The summed E-state index contributed by atoms with van der Waals surface area (Å²) in [6.07, 6.45) is -2.41. The van der Waals surface area contributed by atoms with E-state index < -0.39 is 45.6 Å². The fourth-order valence-corrected chi connectivity index (χ4v) is 5.67.